The largest absolute Gasteiger partial charge is 0.497 e. The molecule has 0 atom stereocenters. The van der Waals surface area contributed by atoms with Crippen LogP contribution >= 0.6 is 0 Å². The lowest BCUT2D eigenvalue weighted by molar-refractivity contribution is -0.141. The number of hydrogen-bond donors (Lipinski definition) is 0. The normalized spacial score (nSPS) is 14.2. The summed E-state index contributed by atoms with van der Waals surface area (Å²) in [6.07, 6.45) is 2.22. The van der Waals surface area contributed by atoms with E-state index in [0.717, 1.165) is 42.2 Å². The van der Waals surface area contributed by atoms with Crippen molar-refractivity contribution in [2.45, 2.75) is 47.0 Å². The Morgan fingerprint density at radius 2 is 1.69 bits per heavy atom. The van der Waals surface area contributed by atoms with E-state index in [1.807, 2.05) is 55.1 Å². The number of aromatic nitrogens is 2. The van der Waals surface area contributed by atoms with Crippen molar-refractivity contribution in [2.75, 3.05) is 51.3 Å². The van der Waals surface area contributed by atoms with Gasteiger partial charge in [-0.3, -0.25) is 9.59 Å². The average molecular weight is 496 g/mol. The quantitative estimate of drug-likeness (QED) is 0.494. The first-order valence-corrected chi connectivity index (χ1v) is 13.1. The molecule has 196 valence electrons. The fourth-order valence-corrected chi connectivity index (χ4v) is 4.25. The van der Waals surface area contributed by atoms with Crippen LogP contribution in [0.3, 0.4) is 0 Å². The highest BCUT2D eigenvalue weighted by Gasteiger charge is 2.24. The number of nitrogens with zero attached hydrogens (tertiary/aromatic N) is 5. The van der Waals surface area contributed by atoms with Crippen LogP contribution in [-0.2, 0) is 9.59 Å². The number of carbonyl (C=O) groups excluding carboxylic acids is 2. The number of benzene rings is 1. The fraction of sp³-hybridized carbons (Fsp3) is 0.571. The summed E-state index contributed by atoms with van der Waals surface area (Å²) in [5.74, 6) is 2.48. The fourth-order valence-electron chi connectivity index (χ4n) is 4.25. The Balaban J connectivity index is 1.59. The highest BCUT2D eigenvalue weighted by Crippen LogP contribution is 2.22. The topological polar surface area (TPSA) is 78.9 Å². The molecule has 2 aromatic rings. The summed E-state index contributed by atoms with van der Waals surface area (Å²) in [4.78, 5) is 31.8. The van der Waals surface area contributed by atoms with Crippen molar-refractivity contribution in [3.63, 3.8) is 0 Å². The zero-order valence-electron chi connectivity index (χ0n) is 22.4. The van der Waals surface area contributed by atoms with E-state index >= 15 is 0 Å². The van der Waals surface area contributed by atoms with E-state index in [1.165, 1.54) is 0 Å². The molecule has 3 rings (SSSR count). The molecule has 1 aromatic carbocycles. The van der Waals surface area contributed by atoms with E-state index in [4.69, 9.17) is 4.74 Å². The summed E-state index contributed by atoms with van der Waals surface area (Å²) in [5.41, 5.74) is 1.79. The standard InChI is InChI=1S/C28H41N5O3/c1-21(2)13-16-33(27(34)19-22(3)4)20-28(35)32-15-6-14-31(17-18-32)26-12-11-25(29-30-26)23-7-9-24(36-5)10-8-23/h7-12,21-22H,6,13-20H2,1-5H3. The minimum Gasteiger partial charge on any atom is -0.497 e. The number of ether oxygens (including phenoxy) is 1. The van der Waals surface area contributed by atoms with Crippen LogP contribution in [0.1, 0.15) is 47.0 Å². The van der Waals surface area contributed by atoms with Gasteiger partial charge < -0.3 is 19.4 Å². The maximum atomic E-state index is 13.2. The lowest BCUT2D eigenvalue weighted by atomic mass is 10.1. The minimum atomic E-state index is 0.0265. The van der Waals surface area contributed by atoms with Crippen molar-refractivity contribution in [2.24, 2.45) is 11.8 Å². The second-order valence-corrected chi connectivity index (χ2v) is 10.3. The van der Waals surface area contributed by atoms with Crippen LogP contribution in [0.2, 0.25) is 0 Å². The molecule has 1 fully saturated rings. The Morgan fingerprint density at radius 3 is 2.31 bits per heavy atom. The molecule has 2 heterocycles. The van der Waals surface area contributed by atoms with Crippen molar-refractivity contribution in [1.82, 2.24) is 20.0 Å². The molecule has 1 aliphatic rings. The molecule has 0 unspecified atom stereocenters. The number of carbonyl (C=O) groups is 2. The van der Waals surface area contributed by atoms with Crippen LogP contribution in [0.5, 0.6) is 5.75 Å². The van der Waals surface area contributed by atoms with Gasteiger partial charge in [0.2, 0.25) is 11.8 Å². The first-order chi connectivity index (χ1) is 17.3. The molecule has 0 aliphatic carbocycles. The molecule has 0 spiro atoms. The van der Waals surface area contributed by atoms with Crippen molar-refractivity contribution in [3.05, 3.63) is 36.4 Å². The maximum Gasteiger partial charge on any atom is 0.242 e. The smallest absolute Gasteiger partial charge is 0.242 e. The molecular formula is C28H41N5O3. The van der Waals surface area contributed by atoms with Crippen LogP contribution in [0.25, 0.3) is 11.3 Å². The van der Waals surface area contributed by atoms with Gasteiger partial charge in [-0.05, 0) is 61.1 Å². The molecule has 1 aromatic heterocycles. The van der Waals surface area contributed by atoms with Crippen LogP contribution in [0.4, 0.5) is 5.82 Å². The van der Waals surface area contributed by atoms with Crippen LogP contribution in [0.15, 0.2) is 36.4 Å². The van der Waals surface area contributed by atoms with E-state index in [-0.39, 0.29) is 24.3 Å². The molecule has 1 aliphatic heterocycles. The summed E-state index contributed by atoms with van der Waals surface area (Å²) < 4.78 is 5.22. The molecule has 2 amide bonds. The molecule has 8 heteroatoms. The number of rotatable bonds is 10. The Morgan fingerprint density at radius 1 is 0.944 bits per heavy atom. The zero-order valence-corrected chi connectivity index (χ0v) is 22.4. The van der Waals surface area contributed by atoms with Gasteiger partial charge in [0.05, 0.1) is 19.3 Å². The Hall–Kier alpha value is -3.16. The summed E-state index contributed by atoms with van der Waals surface area (Å²) in [7, 11) is 1.65. The van der Waals surface area contributed by atoms with Gasteiger partial charge >= 0.3 is 0 Å². The molecule has 0 bridgehead atoms. The molecule has 1 saturated heterocycles. The third-order valence-corrected chi connectivity index (χ3v) is 6.45. The van der Waals surface area contributed by atoms with E-state index < -0.39 is 0 Å². The third kappa shape index (κ3) is 7.93. The molecule has 8 nitrogen and oxygen atoms in total. The number of amides is 2. The van der Waals surface area contributed by atoms with E-state index in [9.17, 15) is 9.59 Å². The maximum absolute atomic E-state index is 13.2. The van der Waals surface area contributed by atoms with Gasteiger partial charge in [-0.25, -0.2) is 0 Å². The van der Waals surface area contributed by atoms with Crippen molar-refractivity contribution >= 4 is 17.6 Å². The molecule has 0 saturated carbocycles. The molecule has 0 N–H and O–H groups in total. The van der Waals surface area contributed by atoms with Crippen molar-refractivity contribution in [1.29, 1.82) is 0 Å². The predicted octanol–water partition coefficient (Wildman–Crippen LogP) is 4.11. The van der Waals surface area contributed by atoms with Gasteiger partial charge in [-0.1, -0.05) is 27.7 Å². The highest BCUT2D eigenvalue weighted by molar-refractivity contribution is 5.85. The van der Waals surface area contributed by atoms with Crippen LogP contribution in [0, 0.1) is 11.8 Å². The Bertz CT molecular complexity index is 976. The third-order valence-electron chi connectivity index (χ3n) is 6.45. The minimum absolute atomic E-state index is 0.0265. The van der Waals surface area contributed by atoms with Crippen molar-refractivity contribution in [3.8, 4) is 17.0 Å². The Labute approximate surface area is 215 Å². The first kappa shape index (κ1) is 27.4. The van der Waals surface area contributed by atoms with Gasteiger partial charge in [0.25, 0.3) is 0 Å². The highest BCUT2D eigenvalue weighted by atomic mass is 16.5. The zero-order chi connectivity index (χ0) is 26.1. The predicted molar refractivity (Wildman–Crippen MR) is 143 cm³/mol. The number of anilines is 1. The van der Waals surface area contributed by atoms with E-state index in [0.29, 0.717) is 38.5 Å². The van der Waals surface area contributed by atoms with E-state index in [2.05, 4.69) is 28.9 Å². The summed E-state index contributed by atoms with van der Waals surface area (Å²) in [6.45, 7) is 11.9. The molecule has 36 heavy (non-hydrogen) atoms. The van der Waals surface area contributed by atoms with Crippen LogP contribution in [-0.4, -0.2) is 78.2 Å². The first-order valence-electron chi connectivity index (χ1n) is 13.1. The lowest BCUT2D eigenvalue weighted by Crippen LogP contribution is -2.45. The van der Waals surface area contributed by atoms with Gasteiger partial charge in [-0.2, -0.15) is 0 Å². The number of hydrogen-bond acceptors (Lipinski definition) is 6. The van der Waals surface area contributed by atoms with Gasteiger partial charge in [0, 0.05) is 44.7 Å². The second-order valence-electron chi connectivity index (χ2n) is 10.3. The lowest BCUT2D eigenvalue weighted by Gasteiger charge is -2.28. The molecule has 0 radical (unpaired) electrons. The Kier molecular flexibility index (Phi) is 10.1. The summed E-state index contributed by atoms with van der Waals surface area (Å²) in [6, 6.07) is 11.7. The van der Waals surface area contributed by atoms with Gasteiger partial charge in [0.1, 0.15) is 5.75 Å². The SMILES string of the molecule is COc1ccc(-c2ccc(N3CCCN(C(=O)CN(CCC(C)C)C(=O)CC(C)C)CC3)nn2)cc1. The van der Waals surface area contributed by atoms with Crippen molar-refractivity contribution < 1.29 is 14.3 Å². The average Bonchev–Trinajstić information content (AvgIpc) is 3.12. The van der Waals surface area contributed by atoms with E-state index in [1.54, 1.807) is 12.0 Å². The van der Waals surface area contributed by atoms with Crippen LogP contribution < -0.4 is 9.64 Å². The monoisotopic (exact) mass is 495 g/mol. The van der Waals surface area contributed by atoms with Gasteiger partial charge in [0.15, 0.2) is 5.82 Å². The van der Waals surface area contributed by atoms with Gasteiger partial charge in [-0.15, -0.1) is 10.2 Å². The summed E-state index contributed by atoms with van der Waals surface area (Å²) >= 11 is 0. The molecular weight excluding hydrogens is 454 g/mol. The number of methoxy groups -OCH3 is 1. The second kappa shape index (κ2) is 13.2. The summed E-state index contributed by atoms with van der Waals surface area (Å²) in [5, 5.41) is 8.89.